The van der Waals surface area contributed by atoms with Gasteiger partial charge in [-0.25, -0.2) is 9.69 Å². The minimum absolute atomic E-state index is 0.184. The molecule has 0 unspecified atom stereocenters. The summed E-state index contributed by atoms with van der Waals surface area (Å²) in [6.45, 7) is 2.68. The lowest BCUT2D eigenvalue weighted by molar-refractivity contribution is -0.122. The van der Waals surface area contributed by atoms with Crippen LogP contribution in [0, 0.1) is 0 Å². The van der Waals surface area contributed by atoms with Gasteiger partial charge in [0.25, 0.3) is 11.8 Å². The number of imide groups is 2. The second kappa shape index (κ2) is 11.1. The Kier molecular flexibility index (Phi) is 7.70. The molecule has 8 nitrogen and oxygen atoms in total. The van der Waals surface area contributed by atoms with Crippen LogP contribution in [0.1, 0.15) is 18.1 Å². The Balaban J connectivity index is 1.53. The Hall–Kier alpha value is -4.11. The second-order valence-corrected chi connectivity index (χ2v) is 8.63. The Bertz CT molecular complexity index is 1320. The largest absolute Gasteiger partial charge is 0.493 e. The molecule has 0 saturated carbocycles. The number of hydrogen-bond donors (Lipinski definition) is 1. The van der Waals surface area contributed by atoms with Crippen molar-refractivity contribution in [2.24, 2.45) is 0 Å². The average molecular weight is 551 g/mol. The maximum Gasteiger partial charge on any atom is 0.335 e. The number of nitrogens with one attached hydrogen (secondary N) is 1. The second-order valence-electron chi connectivity index (χ2n) is 7.71. The van der Waals surface area contributed by atoms with E-state index in [0.29, 0.717) is 41.7 Å². The van der Waals surface area contributed by atoms with Crippen molar-refractivity contribution in [2.75, 3.05) is 18.6 Å². The van der Waals surface area contributed by atoms with Gasteiger partial charge in [-0.15, -0.1) is 0 Å². The lowest BCUT2D eigenvalue weighted by atomic mass is 10.1. The van der Waals surface area contributed by atoms with Crippen LogP contribution in [0.5, 0.6) is 17.2 Å². The van der Waals surface area contributed by atoms with Crippen molar-refractivity contribution in [3.8, 4) is 17.2 Å². The van der Waals surface area contributed by atoms with E-state index >= 15 is 0 Å². The van der Waals surface area contributed by atoms with Crippen LogP contribution in [-0.2, 0) is 16.2 Å². The van der Waals surface area contributed by atoms with Gasteiger partial charge < -0.3 is 14.2 Å². The van der Waals surface area contributed by atoms with Gasteiger partial charge in [-0.05, 0) is 72.7 Å². The molecule has 1 aliphatic rings. The van der Waals surface area contributed by atoms with Gasteiger partial charge in [0.15, 0.2) is 11.5 Å². The molecule has 1 saturated heterocycles. The van der Waals surface area contributed by atoms with Crippen LogP contribution >= 0.6 is 15.9 Å². The number of methoxy groups -OCH3 is 1. The third-order valence-corrected chi connectivity index (χ3v) is 5.84. The van der Waals surface area contributed by atoms with E-state index in [1.807, 2.05) is 31.2 Å². The summed E-state index contributed by atoms with van der Waals surface area (Å²) in [5.74, 6) is 0.0610. The van der Waals surface area contributed by atoms with Crippen LogP contribution in [0.25, 0.3) is 6.08 Å². The highest BCUT2D eigenvalue weighted by Gasteiger charge is 2.36. The summed E-state index contributed by atoms with van der Waals surface area (Å²) in [5.41, 5.74) is 1.65. The number of carbonyl (C=O) groups excluding carboxylic acids is 3. The standard InChI is InChI=1S/C27H23BrN2O6/c1-3-35-23-13-6-18(15-24(23)34-2)14-22-25(31)29-27(33)30(26(22)32)20-9-11-21(12-10-20)36-16-17-4-7-19(28)8-5-17/h4-15H,3,16H2,1-2H3,(H,29,31,33)/b22-14+. The molecule has 3 aromatic carbocycles. The van der Waals surface area contributed by atoms with Gasteiger partial charge in [0.2, 0.25) is 0 Å². The van der Waals surface area contributed by atoms with Crippen LogP contribution in [0.2, 0.25) is 0 Å². The Morgan fingerprint density at radius 1 is 0.917 bits per heavy atom. The third kappa shape index (κ3) is 5.58. The minimum Gasteiger partial charge on any atom is -0.493 e. The van der Waals surface area contributed by atoms with Crippen LogP contribution in [0.4, 0.5) is 10.5 Å². The van der Waals surface area contributed by atoms with Gasteiger partial charge in [-0.3, -0.25) is 14.9 Å². The quantitative estimate of drug-likeness (QED) is 0.309. The molecule has 1 fully saturated rings. The van der Waals surface area contributed by atoms with E-state index in [-0.39, 0.29) is 5.57 Å². The normalized spacial score (nSPS) is 14.6. The molecule has 4 rings (SSSR count). The van der Waals surface area contributed by atoms with Crippen molar-refractivity contribution in [1.82, 2.24) is 5.32 Å². The number of barbiturate groups is 1. The van der Waals surface area contributed by atoms with Crippen molar-refractivity contribution >= 4 is 45.5 Å². The molecule has 0 bridgehead atoms. The van der Waals surface area contributed by atoms with Crippen molar-refractivity contribution in [1.29, 1.82) is 0 Å². The number of nitrogens with zero attached hydrogens (tertiary/aromatic N) is 1. The lowest BCUT2D eigenvalue weighted by Gasteiger charge is -2.26. The molecule has 9 heteroatoms. The number of ether oxygens (including phenoxy) is 3. The monoisotopic (exact) mass is 550 g/mol. The molecular formula is C27H23BrN2O6. The van der Waals surface area contributed by atoms with Crippen molar-refractivity contribution < 1.29 is 28.6 Å². The Morgan fingerprint density at radius 3 is 2.31 bits per heavy atom. The Morgan fingerprint density at radius 2 is 1.64 bits per heavy atom. The summed E-state index contributed by atoms with van der Waals surface area (Å²) in [4.78, 5) is 39.1. The van der Waals surface area contributed by atoms with Gasteiger partial charge in [0, 0.05) is 4.47 Å². The molecule has 4 amide bonds. The smallest absolute Gasteiger partial charge is 0.335 e. The molecule has 36 heavy (non-hydrogen) atoms. The van der Waals surface area contributed by atoms with Crippen LogP contribution in [0.3, 0.4) is 0 Å². The van der Waals surface area contributed by atoms with Gasteiger partial charge in [0.05, 0.1) is 19.4 Å². The number of urea groups is 1. The topological polar surface area (TPSA) is 94.2 Å². The fourth-order valence-corrected chi connectivity index (χ4v) is 3.81. The highest BCUT2D eigenvalue weighted by Crippen LogP contribution is 2.30. The molecule has 0 spiro atoms. The third-order valence-electron chi connectivity index (χ3n) is 5.31. The number of amides is 4. The zero-order valence-corrected chi connectivity index (χ0v) is 21.2. The molecular weight excluding hydrogens is 528 g/mol. The molecule has 0 radical (unpaired) electrons. The van der Waals surface area contributed by atoms with Gasteiger partial charge in [-0.2, -0.15) is 0 Å². The predicted molar refractivity (Wildman–Crippen MR) is 138 cm³/mol. The van der Waals surface area contributed by atoms with E-state index < -0.39 is 17.8 Å². The van der Waals surface area contributed by atoms with Gasteiger partial charge >= 0.3 is 6.03 Å². The summed E-state index contributed by atoms with van der Waals surface area (Å²) in [6, 6.07) is 18.4. The van der Waals surface area contributed by atoms with Gasteiger partial charge in [0.1, 0.15) is 17.9 Å². The molecule has 1 N–H and O–H groups in total. The summed E-state index contributed by atoms with van der Waals surface area (Å²) >= 11 is 3.40. The van der Waals surface area contributed by atoms with Crippen LogP contribution in [0.15, 0.2) is 76.8 Å². The molecule has 1 aliphatic heterocycles. The number of hydrogen-bond acceptors (Lipinski definition) is 6. The zero-order chi connectivity index (χ0) is 25.7. The predicted octanol–water partition coefficient (Wildman–Crippen LogP) is 5.10. The SMILES string of the molecule is CCOc1ccc(/C=C2\C(=O)NC(=O)N(c3ccc(OCc4ccc(Br)cc4)cc3)C2=O)cc1OC. The Labute approximate surface area is 216 Å². The first-order chi connectivity index (χ1) is 17.4. The first-order valence-electron chi connectivity index (χ1n) is 11.1. The van der Waals surface area contributed by atoms with E-state index in [9.17, 15) is 14.4 Å². The summed E-state index contributed by atoms with van der Waals surface area (Å²) in [6.07, 6.45) is 1.41. The first-order valence-corrected chi connectivity index (χ1v) is 11.9. The fourth-order valence-electron chi connectivity index (χ4n) is 3.55. The molecule has 0 atom stereocenters. The van der Waals surface area contributed by atoms with Crippen molar-refractivity contribution in [2.45, 2.75) is 13.5 Å². The minimum atomic E-state index is -0.824. The zero-order valence-electron chi connectivity index (χ0n) is 19.6. The maximum atomic E-state index is 13.2. The van der Waals surface area contributed by atoms with Crippen molar-refractivity contribution in [3.63, 3.8) is 0 Å². The number of rotatable bonds is 8. The summed E-state index contributed by atoms with van der Waals surface area (Å²) < 4.78 is 17.6. The van der Waals surface area contributed by atoms with E-state index in [1.165, 1.54) is 13.2 Å². The summed E-state index contributed by atoms with van der Waals surface area (Å²) in [5, 5.41) is 2.22. The maximum absolute atomic E-state index is 13.2. The molecule has 3 aromatic rings. The highest BCUT2D eigenvalue weighted by molar-refractivity contribution is 9.10. The molecule has 0 aliphatic carbocycles. The average Bonchev–Trinajstić information content (AvgIpc) is 2.87. The van der Waals surface area contributed by atoms with E-state index in [2.05, 4.69) is 21.2 Å². The lowest BCUT2D eigenvalue weighted by Crippen LogP contribution is -2.54. The number of benzene rings is 3. The molecule has 184 valence electrons. The highest BCUT2D eigenvalue weighted by atomic mass is 79.9. The number of anilines is 1. The van der Waals surface area contributed by atoms with Gasteiger partial charge in [-0.1, -0.05) is 34.1 Å². The van der Waals surface area contributed by atoms with E-state index in [0.717, 1.165) is 14.9 Å². The van der Waals surface area contributed by atoms with Crippen molar-refractivity contribution in [3.05, 3.63) is 87.9 Å². The van der Waals surface area contributed by atoms with Crippen LogP contribution in [-0.4, -0.2) is 31.6 Å². The number of carbonyl (C=O) groups is 3. The van der Waals surface area contributed by atoms with E-state index in [4.69, 9.17) is 14.2 Å². The summed E-state index contributed by atoms with van der Waals surface area (Å²) in [7, 11) is 1.50. The first kappa shape index (κ1) is 25.0. The number of halogens is 1. The van der Waals surface area contributed by atoms with E-state index in [1.54, 1.807) is 42.5 Å². The molecule has 0 aromatic heterocycles. The fraction of sp³-hybridized carbons (Fsp3) is 0.148. The molecule has 1 heterocycles. The van der Waals surface area contributed by atoms with Crippen LogP contribution < -0.4 is 24.4 Å².